The number of aromatic nitrogens is 1. The molecule has 124 valence electrons. The van der Waals surface area contributed by atoms with Gasteiger partial charge in [-0.05, 0) is 25.5 Å². The first kappa shape index (κ1) is 17.4. The minimum Gasteiger partial charge on any atom is -0.337 e. The first-order chi connectivity index (χ1) is 10.7. The molecule has 1 N–H and O–H groups in total. The molecule has 1 saturated heterocycles. The highest BCUT2D eigenvalue weighted by atomic mass is 32.2. The monoisotopic (exact) mass is 336 g/mol. The molecule has 2 rings (SSSR count). The van der Waals surface area contributed by atoms with Crippen LogP contribution in [-0.4, -0.2) is 43.1 Å². The Hall–Kier alpha value is -1.98. The Kier molecular flexibility index (Phi) is 4.73. The Bertz CT molecular complexity index is 725. The van der Waals surface area contributed by atoms with Crippen LogP contribution in [0, 0.1) is 16.7 Å². The molecule has 2 heterocycles. The van der Waals surface area contributed by atoms with Gasteiger partial charge in [-0.25, -0.2) is 13.1 Å². The number of sulfonamides is 1. The number of nitrogens with one attached hydrogen (secondary N) is 1. The average Bonchev–Trinajstić information content (AvgIpc) is 2.72. The third kappa shape index (κ3) is 4.06. The van der Waals surface area contributed by atoms with E-state index >= 15 is 0 Å². The summed E-state index contributed by atoms with van der Waals surface area (Å²) < 4.78 is 27.3. The van der Waals surface area contributed by atoms with Gasteiger partial charge in [0.2, 0.25) is 15.9 Å². The van der Waals surface area contributed by atoms with Crippen LogP contribution in [-0.2, 0) is 14.8 Å². The number of rotatable bonds is 5. The van der Waals surface area contributed by atoms with E-state index in [0.29, 0.717) is 0 Å². The lowest BCUT2D eigenvalue weighted by atomic mass is 10.00. The molecule has 8 heteroatoms. The molecule has 0 unspecified atom stereocenters. The zero-order valence-electron chi connectivity index (χ0n) is 13.4. The van der Waals surface area contributed by atoms with Gasteiger partial charge in [0.05, 0.1) is 29.3 Å². The highest BCUT2D eigenvalue weighted by Crippen LogP contribution is 2.32. The van der Waals surface area contributed by atoms with E-state index in [2.05, 4.69) is 9.71 Å². The van der Waals surface area contributed by atoms with Crippen molar-refractivity contribution in [3.63, 3.8) is 0 Å². The van der Waals surface area contributed by atoms with E-state index in [9.17, 15) is 13.2 Å². The van der Waals surface area contributed by atoms with Crippen molar-refractivity contribution in [2.45, 2.75) is 32.4 Å². The van der Waals surface area contributed by atoms with Gasteiger partial charge in [0.25, 0.3) is 0 Å². The predicted octanol–water partition coefficient (Wildman–Crippen LogP) is 0.823. The van der Waals surface area contributed by atoms with Crippen molar-refractivity contribution in [1.82, 2.24) is 14.6 Å². The fourth-order valence-electron chi connectivity index (χ4n) is 2.76. The Morgan fingerprint density at radius 1 is 1.52 bits per heavy atom. The van der Waals surface area contributed by atoms with E-state index in [1.807, 2.05) is 12.1 Å². The van der Waals surface area contributed by atoms with Crippen LogP contribution in [0.5, 0.6) is 0 Å². The van der Waals surface area contributed by atoms with Gasteiger partial charge in [-0.1, -0.05) is 6.07 Å². The van der Waals surface area contributed by atoms with Crippen molar-refractivity contribution >= 4 is 15.9 Å². The van der Waals surface area contributed by atoms with Crippen molar-refractivity contribution < 1.29 is 13.2 Å². The number of nitriles is 1. The van der Waals surface area contributed by atoms with Crippen LogP contribution in [0.2, 0.25) is 0 Å². The number of hydrogen-bond acceptors (Lipinski definition) is 5. The van der Waals surface area contributed by atoms with Crippen LogP contribution in [0.15, 0.2) is 24.5 Å². The second-order valence-electron chi connectivity index (χ2n) is 6.42. The Balaban J connectivity index is 2.24. The minimum atomic E-state index is -3.69. The SMILES string of the molecule is CN1C(=O)C[C@H](NS(=O)(=O)CC(C)(C)C#N)[C@H]1c1cccnc1. The van der Waals surface area contributed by atoms with E-state index < -0.39 is 27.5 Å². The summed E-state index contributed by atoms with van der Waals surface area (Å²) in [5.74, 6) is -0.448. The van der Waals surface area contributed by atoms with Gasteiger partial charge in [-0.15, -0.1) is 0 Å². The summed E-state index contributed by atoms with van der Waals surface area (Å²) in [5, 5.41) is 9.02. The number of amides is 1. The molecule has 1 amide bonds. The zero-order chi connectivity index (χ0) is 17.3. The number of carbonyl (C=O) groups excluding carboxylic acids is 1. The molecule has 0 saturated carbocycles. The fraction of sp³-hybridized carbons (Fsp3) is 0.533. The van der Waals surface area contributed by atoms with E-state index in [1.165, 1.54) is 4.90 Å². The quantitative estimate of drug-likeness (QED) is 0.857. The molecule has 0 bridgehead atoms. The summed E-state index contributed by atoms with van der Waals surface area (Å²) in [6.07, 6.45) is 3.33. The van der Waals surface area contributed by atoms with Gasteiger partial charge < -0.3 is 4.90 Å². The lowest BCUT2D eigenvalue weighted by molar-refractivity contribution is -0.127. The average molecular weight is 336 g/mol. The maximum absolute atomic E-state index is 12.3. The molecule has 1 aromatic heterocycles. The van der Waals surface area contributed by atoms with Crippen LogP contribution in [0.4, 0.5) is 0 Å². The molecule has 1 aromatic rings. The molecule has 1 aliphatic heterocycles. The second kappa shape index (κ2) is 6.26. The highest BCUT2D eigenvalue weighted by Gasteiger charge is 2.41. The van der Waals surface area contributed by atoms with E-state index in [1.54, 1.807) is 39.4 Å². The molecule has 1 aliphatic rings. The van der Waals surface area contributed by atoms with Crippen LogP contribution >= 0.6 is 0 Å². The molecule has 2 atom stereocenters. The standard InChI is InChI=1S/C15H20N4O3S/c1-15(2,9-16)10-23(21,22)18-12-7-13(20)19(3)14(12)11-5-4-6-17-8-11/h4-6,8,12,14,18H,7,10H2,1-3H3/t12-,14+/m0/s1. The number of nitrogens with zero attached hydrogens (tertiary/aromatic N) is 3. The maximum Gasteiger partial charge on any atom is 0.224 e. The highest BCUT2D eigenvalue weighted by molar-refractivity contribution is 7.89. The van der Waals surface area contributed by atoms with Crippen molar-refractivity contribution in [3.05, 3.63) is 30.1 Å². The number of pyridine rings is 1. The molecule has 0 spiro atoms. The summed E-state index contributed by atoms with van der Waals surface area (Å²) in [4.78, 5) is 17.6. The molecular formula is C15H20N4O3S. The third-order valence-electron chi connectivity index (χ3n) is 3.80. The molecule has 0 radical (unpaired) electrons. The first-order valence-electron chi connectivity index (χ1n) is 7.22. The van der Waals surface area contributed by atoms with Crippen molar-refractivity contribution in [3.8, 4) is 6.07 Å². The van der Waals surface area contributed by atoms with Crippen LogP contribution in [0.1, 0.15) is 31.9 Å². The fourth-order valence-corrected chi connectivity index (χ4v) is 4.53. The molecular weight excluding hydrogens is 316 g/mol. The van der Waals surface area contributed by atoms with Gasteiger partial charge >= 0.3 is 0 Å². The number of carbonyl (C=O) groups is 1. The van der Waals surface area contributed by atoms with Crippen LogP contribution in [0.3, 0.4) is 0 Å². The summed E-state index contributed by atoms with van der Waals surface area (Å²) in [6, 6.07) is 4.56. The Labute approximate surface area is 136 Å². The minimum absolute atomic E-state index is 0.0856. The Morgan fingerprint density at radius 2 is 2.22 bits per heavy atom. The van der Waals surface area contributed by atoms with Gasteiger partial charge in [0.15, 0.2) is 0 Å². The Morgan fingerprint density at radius 3 is 2.78 bits per heavy atom. The van der Waals surface area contributed by atoms with Crippen molar-refractivity contribution in [2.75, 3.05) is 12.8 Å². The summed E-state index contributed by atoms with van der Waals surface area (Å²) in [6.45, 7) is 3.13. The van der Waals surface area contributed by atoms with E-state index in [-0.39, 0.29) is 18.1 Å². The number of likely N-dealkylation sites (N-methyl/N-ethyl adjacent to an activating group) is 1. The summed E-state index contributed by atoms with van der Waals surface area (Å²) in [7, 11) is -2.05. The summed E-state index contributed by atoms with van der Waals surface area (Å²) in [5.41, 5.74) is -0.225. The lowest BCUT2D eigenvalue weighted by Crippen LogP contribution is -2.42. The second-order valence-corrected chi connectivity index (χ2v) is 8.17. The third-order valence-corrected chi connectivity index (χ3v) is 5.56. The van der Waals surface area contributed by atoms with E-state index in [4.69, 9.17) is 5.26 Å². The number of hydrogen-bond donors (Lipinski definition) is 1. The molecule has 0 aromatic carbocycles. The van der Waals surface area contributed by atoms with E-state index in [0.717, 1.165) is 5.56 Å². The van der Waals surface area contributed by atoms with Gasteiger partial charge in [-0.2, -0.15) is 5.26 Å². The predicted molar refractivity (Wildman–Crippen MR) is 84.5 cm³/mol. The van der Waals surface area contributed by atoms with Gasteiger partial charge in [0, 0.05) is 25.9 Å². The number of likely N-dealkylation sites (tertiary alicyclic amines) is 1. The summed E-state index contributed by atoms with van der Waals surface area (Å²) >= 11 is 0. The van der Waals surface area contributed by atoms with Crippen LogP contribution in [0.25, 0.3) is 0 Å². The van der Waals surface area contributed by atoms with Crippen LogP contribution < -0.4 is 4.72 Å². The zero-order valence-corrected chi connectivity index (χ0v) is 14.2. The largest absolute Gasteiger partial charge is 0.337 e. The normalized spacial score (nSPS) is 22.2. The van der Waals surface area contributed by atoms with Gasteiger partial charge in [0.1, 0.15) is 0 Å². The van der Waals surface area contributed by atoms with Crippen molar-refractivity contribution in [1.29, 1.82) is 5.26 Å². The molecule has 1 fully saturated rings. The maximum atomic E-state index is 12.3. The lowest BCUT2D eigenvalue weighted by Gasteiger charge is -2.26. The molecule has 0 aliphatic carbocycles. The first-order valence-corrected chi connectivity index (χ1v) is 8.87. The topological polar surface area (TPSA) is 103 Å². The smallest absolute Gasteiger partial charge is 0.224 e. The molecule has 7 nitrogen and oxygen atoms in total. The van der Waals surface area contributed by atoms with Gasteiger partial charge in [-0.3, -0.25) is 9.78 Å². The molecule has 23 heavy (non-hydrogen) atoms. The van der Waals surface area contributed by atoms with Crippen molar-refractivity contribution in [2.24, 2.45) is 5.41 Å².